The predicted octanol–water partition coefficient (Wildman–Crippen LogP) is 5.06. The first-order valence-corrected chi connectivity index (χ1v) is 7.93. The Hall–Kier alpha value is -1.46. The molecule has 0 spiro atoms. The first-order chi connectivity index (χ1) is 9.79. The highest BCUT2D eigenvalue weighted by Crippen LogP contribution is 2.35. The summed E-state index contributed by atoms with van der Waals surface area (Å²) in [6.07, 6.45) is 1.76. The van der Waals surface area contributed by atoms with Crippen LogP contribution in [0.2, 0.25) is 0 Å². The molecule has 0 amide bonds. The van der Waals surface area contributed by atoms with Gasteiger partial charge in [0.1, 0.15) is 10.3 Å². The van der Waals surface area contributed by atoms with Crippen molar-refractivity contribution in [2.24, 2.45) is 0 Å². The van der Waals surface area contributed by atoms with Gasteiger partial charge in [-0.15, -0.1) is 0 Å². The lowest BCUT2D eigenvalue weighted by atomic mass is 10.0. The Balaban J connectivity index is 2.21. The second-order valence-corrected chi connectivity index (χ2v) is 5.57. The average Bonchev–Trinajstić information content (AvgIpc) is 2.92. The Morgan fingerprint density at radius 3 is 2.55 bits per heavy atom. The van der Waals surface area contributed by atoms with E-state index in [0.29, 0.717) is 5.33 Å². The van der Waals surface area contributed by atoms with Gasteiger partial charge in [0.05, 0.1) is 10.9 Å². The summed E-state index contributed by atoms with van der Waals surface area (Å²) in [6.45, 7) is 0. The molecule has 0 aliphatic heterocycles. The highest BCUT2D eigenvalue weighted by molar-refractivity contribution is 9.10. The van der Waals surface area contributed by atoms with Gasteiger partial charge in [-0.3, -0.25) is 0 Å². The molecule has 0 unspecified atom stereocenters. The minimum atomic E-state index is 0.613. The van der Waals surface area contributed by atoms with Crippen LogP contribution < -0.4 is 0 Å². The molecule has 0 fully saturated rings. The fraction of sp³-hybridized carbons (Fsp3) is 0.0667. The second-order valence-electron chi connectivity index (χ2n) is 4.20. The minimum Gasteiger partial charge on any atom is -0.359 e. The van der Waals surface area contributed by atoms with Crippen LogP contribution in [0.5, 0.6) is 0 Å². The number of hydrogen-bond acceptors (Lipinski definition) is 3. The molecule has 0 bridgehead atoms. The summed E-state index contributed by atoms with van der Waals surface area (Å²) in [5.41, 5.74) is 3.90. The van der Waals surface area contributed by atoms with Crippen molar-refractivity contribution in [2.75, 3.05) is 0 Å². The van der Waals surface area contributed by atoms with Crippen molar-refractivity contribution >= 4 is 31.9 Å². The van der Waals surface area contributed by atoms with Gasteiger partial charge < -0.3 is 4.52 Å². The average molecular weight is 394 g/mol. The zero-order valence-electron chi connectivity index (χ0n) is 10.4. The van der Waals surface area contributed by atoms with Gasteiger partial charge in [0.25, 0.3) is 0 Å². The lowest BCUT2D eigenvalue weighted by Crippen LogP contribution is -1.86. The van der Waals surface area contributed by atoms with E-state index in [1.165, 1.54) is 0 Å². The van der Waals surface area contributed by atoms with Gasteiger partial charge in [-0.2, -0.15) is 0 Å². The molecule has 3 aromatic rings. The molecule has 0 N–H and O–H groups in total. The summed E-state index contributed by atoms with van der Waals surface area (Å²) >= 11 is 6.85. The number of aromatic nitrogens is 2. The number of halogens is 2. The van der Waals surface area contributed by atoms with E-state index in [0.717, 1.165) is 32.7 Å². The molecule has 0 aliphatic carbocycles. The Morgan fingerprint density at radius 1 is 1.05 bits per heavy atom. The fourth-order valence-corrected chi connectivity index (χ4v) is 2.81. The molecular formula is C15H10Br2N2O. The van der Waals surface area contributed by atoms with E-state index >= 15 is 0 Å². The van der Waals surface area contributed by atoms with Gasteiger partial charge >= 0.3 is 0 Å². The lowest BCUT2D eigenvalue weighted by Gasteiger charge is -2.04. The summed E-state index contributed by atoms with van der Waals surface area (Å²) in [5, 5.41) is 4.84. The van der Waals surface area contributed by atoms with Gasteiger partial charge in [-0.1, -0.05) is 51.4 Å². The third-order valence-corrected chi connectivity index (χ3v) is 3.89. The van der Waals surface area contributed by atoms with E-state index in [2.05, 4.69) is 42.0 Å². The number of rotatable bonds is 3. The molecule has 2 aromatic heterocycles. The molecule has 1 aromatic carbocycles. The van der Waals surface area contributed by atoms with Crippen LogP contribution in [-0.2, 0) is 5.33 Å². The molecule has 0 saturated heterocycles. The van der Waals surface area contributed by atoms with E-state index in [1.54, 1.807) is 6.20 Å². The number of nitrogens with zero attached hydrogens (tertiary/aromatic N) is 2. The van der Waals surface area contributed by atoms with Crippen molar-refractivity contribution in [1.82, 2.24) is 10.1 Å². The van der Waals surface area contributed by atoms with Crippen molar-refractivity contribution in [3.8, 4) is 22.4 Å². The van der Waals surface area contributed by atoms with Gasteiger partial charge in [-0.05, 0) is 33.6 Å². The summed E-state index contributed by atoms with van der Waals surface area (Å²) in [7, 11) is 0. The summed E-state index contributed by atoms with van der Waals surface area (Å²) < 4.78 is 6.25. The van der Waals surface area contributed by atoms with Crippen LogP contribution in [0, 0.1) is 0 Å². The van der Waals surface area contributed by atoms with Crippen LogP contribution in [0.3, 0.4) is 0 Å². The van der Waals surface area contributed by atoms with Crippen LogP contribution in [0.15, 0.2) is 57.8 Å². The quantitative estimate of drug-likeness (QED) is 0.461. The zero-order valence-corrected chi connectivity index (χ0v) is 13.6. The maximum atomic E-state index is 5.46. The SMILES string of the molecule is BrCc1onc(-c2ccccc2)c1-c1ccnc(Br)c1. The normalized spacial score (nSPS) is 10.7. The highest BCUT2D eigenvalue weighted by atomic mass is 79.9. The summed E-state index contributed by atoms with van der Waals surface area (Å²) in [6, 6.07) is 13.9. The van der Waals surface area contributed by atoms with Crippen LogP contribution in [-0.4, -0.2) is 10.1 Å². The Bertz CT molecular complexity index is 726. The van der Waals surface area contributed by atoms with Crippen molar-refractivity contribution in [1.29, 1.82) is 0 Å². The molecule has 3 rings (SSSR count). The minimum absolute atomic E-state index is 0.613. The Labute approximate surface area is 133 Å². The molecule has 5 heteroatoms. The van der Waals surface area contributed by atoms with E-state index in [1.807, 2.05) is 42.5 Å². The molecule has 20 heavy (non-hydrogen) atoms. The highest BCUT2D eigenvalue weighted by Gasteiger charge is 2.18. The number of benzene rings is 1. The maximum absolute atomic E-state index is 5.46. The Morgan fingerprint density at radius 2 is 1.85 bits per heavy atom. The van der Waals surface area contributed by atoms with Crippen LogP contribution in [0.25, 0.3) is 22.4 Å². The van der Waals surface area contributed by atoms with Gasteiger partial charge in [-0.25, -0.2) is 4.98 Å². The van der Waals surface area contributed by atoms with Gasteiger partial charge in [0.2, 0.25) is 0 Å². The van der Waals surface area contributed by atoms with E-state index in [-0.39, 0.29) is 0 Å². The number of alkyl halides is 1. The molecule has 0 saturated carbocycles. The van der Waals surface area contributed by atoms with Gasteiger partial charge in [0.15, 0.2) is 5.76 Å². The van der Waals surface area contributed by atoms with E-state index in [4.69, 9.17) is 4.52 Å². The lowest BCUT2D eigenvalue weighted by molar-refractivity contribution is 0.398. The van der Waals surface area contributed by atoms with Crippen molar-refractivity contribution in [2.45, 2.75) is 5.33 Å². The van der Waals surface area contributed by atoms with Crippen molar-refractivity contribution < 1.29 is 4.52 Å². The van der Waals surface area contributed by atoms with Crippen LogP contribution in [0.1, 0.15) is 5.76 Å². The first kappa shape index (κ1) is 13.5. The van der Waals surface area contributed by atoms with Crippen LogP contribution >= 0.6 is 31.9 Å². The number of hydrogen-bond donors (Lipinski definition) is 0. The zero-order chi connectivity index (χ0) is 13.9. The fourth-order valence-electron chi connectivity index (χ4n) is 2.06. The second kappa shape index (κ2) is 5.89. The molecular weight excluding hydrogens is 384 g/mol. The van der Waals surface area contributed by atoms with Crippen molar-refractivity contribution in [3.63, 3.8) is 0 Å². The maximum Gasteiger partial charge on any atom is 0.155 e. The number of pyridine rings is 1. The molecule has 0 radical (unpaired) electrons. The molecule has 2 heterocycles. The largest absolute Gasteiger partial charge is 0.359 e. The molecule has 0 aliphatic rings. The standard InChI is InChI=1S/C15H10Br2N2O/c16-9-12-14(11-6-7-18-13(17)8-11)15(19-20-12)10-4-2-1-3-5-10/h1-8H,9H2. The summed E-state index contributed by atoms with van der Waals surface area (Å²) in [4.78, 5) is 4.16. The van der Waals surface area contributed by atoms with E-state index in [9.17, 15) is 0 Å². The topological polar surface area (TPSA) is 38.9 Å². The van der Waals surface area contributed by atoms with Crippen molar-refractivity contribution in [3.05, 3.63) is 59.0 Å². The predicted molar refractivity (Wildman–Crippen MR) is 85.5 cm³/mol. The van der Waals surface area contributed by atoms with Gasteiger partial charge in [0, 0.05) is 11.8 Å². The van der Waals surface area contributed by atoms with E-state index < -0.39 is 0 Å². The Kier molecular flexibility index (Phi) is 3.98. The third kappa shape index (κ3) is 2.55. The third-order valence-electron chi connectivity index (χ3n) is 2.95. The molecule has 0 atom stereocenters. The molecule has 3 nitrogen and oxygen atoms in total. The smallest absolute Gasteiger partial charge is 0.155 e. The monoisotopic (exact) mass is 392 g/mol. The van der Waals surface area contributed by atoms with Crippen LogP contribution in [0.4, 0.5) is 0 Å². The first-order valence-electron chi connectivity index (χ1n) is 6.01. The summed E-state index contributed by atoms with van der Waals surface area (Å²) in [5.74, 6) is 0.807. The molecule has 100 valence electrons.